The second kappa shape index (κ2) is 5.93. The number of hydrogen-bond acceptors (Lipinski definition) is 2. The van der Waals surface area contributed by atoms with Crippen molar-refractivity contribution in [2.75, 3.05) is 13.1 Å². The summed E-state index contributed by atoms with van der Waals surface area (Å²) in [5.41, 5.74) is 0.735. The fourth-order valence-corrected chi connectivity index (χ4v) is 2.68. The molecule has 0 radical (unpaired) electrons. The molecule has 19 heavy (non-hydrogen) atoms. The van der Waals surface area contributed by atoms with Gasteiger partial charge in [0.05, 0.1) is 11.5 Å². The number of piperidine rings is 1. The second-order valence-electron chi connectivity index (χ2n) is 5.59. The Morgan fingerprint density at radius 1 is 1.53 bits per heavy atom. The molecule has 1 aliphatic rings. The van der Waals surface area contributed by atoms with Crippen molar-refractivity contribution in [2.45, 2.75) is 32.7 Å². The predicted molar refractivity (Wildman–Crippen MR) is 78.2 cm³/mol. The molecule has 0 aromatic heterocycles. The van der Waals surface area contributed by atoms with Crippen molar-refractivity contribution < 1.29 is 4.79 Å². The van der Waals surface area contributed by atoms with Crippen molar-refractivity contribution >= 4 is 17.5 Å². The molecule has 0 saturated carbocycles. The topological polar surface area (TPSA) is 41.1 Å². The van der Waals surface area contributed by atoms with Gasteiger partial charge in [-0.1, -0.05) is 23.7 Å². The SMILES string of the molecule is CC(NC(=O)C1(C)CCCNC1)c1cccc(Cl)c1. The van der Waals surface area contributed by atoms with E-state index in [0.717, 1.165) is 31.5 Å². The third-order valence-corrected chi connectivity index (χ3v) is 4.08. The van der Waals surface area contributed by atoms with Crippen molar-refractivity contribution in [3.8, 4) is 0 Å². The summed E-state index contributed by atoms with van der Waals surface area (Å²) >= 11 is 5.98. The van der Waals surface area contributed by atoms with Crippen LogP contribution in [0.4, 0.5) is 0 Å². The molecule has 0 spiro atoms. The Balaban J connectivity index is 2.02. The summed E-state index contributed by atoms with van der Waals surface area (Å²) in [7, 11) is 0. The van der Waals surface area contributed by atoms with Crippen LogP contribution >= 0.6 is 11.6 Å². The van der Waals surface area contributed by atoms with Crippen LogP contribution in [0.3, 0.4) is 0 Å². The molecule has 2 atom stereocenters. The molecule has 1 aliphatic heterocycles. The van der Waals surface area contributed by atoms with Gasteiger partial charge in [0.25, 0.3) is 0 Å². The Hall–Kier alpha value is -1.06. The van der Waals surface area contributed by atoms with Crippen LogP contribution in [-0.4, -0.2) is 19.0 Å². The first-order valence-electron chi connectivity index (χ1n) is 6.78. The summed E-state index contributed by atoms with van der Waals surface area (Å²) in [6.07, 6.45) is 1.99. The molecule has 0 aliphatic carbocycles. The summed E-state index contributed by atoms with van der Waals surface area (Å²) in [5.74, 6) is 0.118. The van der Waals surface area contributed by atoms with Gasteiger partial charge in [-0.25, -0.2) is 0 Å². The number of carbonyl (C=O) groups is 1. The second-order valence-corrected chi connectivity index (χ2v) is 6.03. The highest BCUT2D eigenvalue weighted by atomic mass is 35.5. The van der Waals surface area contributed by atoms with E-state index in [2.05, 4.69) is 10.6 Å². The molecule has 2 rings (SSSR count). The number of hydrogen-bond donors (Lipinski definition) is 2. The standard InChI is InChI=1S/C15H21ClN2O/c1-11(12-5-3-6-13(16)9-12)18-14(19)15(2)7-4-8-17-10-15/h3,5-6,9,11,17H,4,7-8,10H2,1-2H3,(H,18,19). The van der Waals surface area contributed by atoms with Gasteiger partial charge in [0.2, 0.25) is 5.91 Å². The molecule has 104 valence electrons. The Labute approximate surface area is 119 Å². The van der Waals surface area contributed by atoms with E-state index in [9.17, 15) is 4.79 Å². The minimum atomic E-state index is -0.301. The first kappa shape index (κ1) is 14.4. The lowest BCUT2D eigenvalue weighted by molar-refractivity contribution is -0.131. The van der Waals surface area contributed by atoms with Crippen LogP contribution in [0.1, 0.15) is 38.3 Å². The molecule has 2 N–H and O–H groups in total. The number of nitrogens with one attached hydrogen (secondary N) is 2. The van der Waals surface area contributed by atoms with Crippen molar-refractivity contribution in [3.63, 3.8) is 0 Å². The molecular formula is C15H21ClN2O. The maximum Gasteiger partial charge on any atom is 0.227 e. The summed E-state index contributed by atoms with van der Waals surface area (Å²) in [4.78, 5) is 12.4. The molecule has 1 heterocycles. The minimum absolute atomic E-state index is 0.0232. The number of rotatable bonds is 3. The molecule has 1 fully saturated rings. The lowest BCUT2D eigenvalue weighted by atomic mass is 9.81. The maximum absolute atomic E-state index is 12.4. The molecule has 0 bridgehead atoms. The molecule has 4 heteroatoms. The Kier molecular flexibility index (Phi) is 4.48. The molecule has 2 unspecified atom stereocenters. The smallest absolute Gasteiger partial charge is 0.227 e. The van der Waals surface area contributed by atoms with Gasteiger partial charge >= 0.3 is 0 Å². The van der Waals surface area contributed by atoms with Crippen molar-refractivity contribution in [1.82, 2.24) is 10.6 Å². The van der Waals surface area contributed by atoms with E-state index in [1.165, 1.54) is 0 Å². The largest absolute Gasteiger partial charge is 0.349 e. The van der Waals surface area contributed by atoms with E-state index < -0.39 is 0 Å². The normalized spacial score (nSPS) is 24.8. The third kappa shape index (κ3) is 3.48. The molecule has 3 nitrogen and oxygen atoms in total. The number of halogens is 1. The Morgan fingerprint density at radius 2 is 2.32 bits per heavy atom. The molecular weight excluding hydrogens is 260 g/mol. The van der Waals surface area contributed by atoms with E-state index in [1.54, 1.807) is 0 Å². The highest BCUT2D eigenvalue weighted by Gasteiger charge is 2.35. The lowest BCUT2D eigenvalue weighted by Gasteiger charge is -2.33. The fourth-order valence-electron chi connectivity index (χ4n) is 2.48. The van der Waals surface area contributed by atoms with Crippen LogP contribution in [0, 0.1) is 5.41 Å². The van der Waals surface area contributed by atoms with Gasteiger partial charge in [0.1, 0.15) is 0 Å². The van der Waals surface area contributed by atoms with E-state index in [4.69, 9.17) is 11.6 Å². The van der Waals surface area contributed by atoms with Gasteiger partial charge < -0.3 is 10.6 Å². The van der Waals surface area contributed by atoms with E-state index in [1.807, 2.05) is 38.1 Å². The first-order chi connectivity index (χ1) is 9.01. The zero-order valence-electron chi connectivity index (χ0n) is 11.5. The van der Waals surface area contributed by atoms with E-state index in [-0.39, 0.29) is 17.4 Å². The minimum Gasteiger partial charge on any atom is -0.349 e. The monoisotopic (exact) mass is 280 g/mol. The summed E-state index contributed by atoms with van der Waals surface area (Å²) < 4.78 is 0. The Morgan fingerprint density at radius 3 is 2.95 bits per heavy atom. The summed E-state index contributed by atoms with van der Waals surface area (Å²) in [6.45, 7) is 5.77. The number of amides is 1. The van der Waals surface area contributed by atoms with Crippen LogP contribution in [0.2, 0.25) is 5.02 Å². The highest BCUT2D eigenvalue weighted by Crippen LogP contribution is 2.27. The van der Waals surface area contributed by atoms with Crippen LogP contribution in [0.15, 0.2) is 24.3 Å². The van der Waals surface area contributed by atoms with Crippen LogP contribution in [0.5, 0.6) is 0 Å². The average molecular weight is 281 g/mol. The molecule has 1 saturated heterocycles. The van der Waals surface area contributed by atoms with Crippen molar-refractivity contribution in [2.24, 2.45) is 5.41 Å². The van der Waals surface area contributed by atoms with Crippen LogP contribution in [-0.2, 0) is 4.79 Å². The third-order valence-electron chi connectivity index (χ3n) is 3.84. The fraction of sp³-hybridized carbons (Fsp3) is 0.533. The first-order valence-corrected chi connectivity index (χ1v) is 7.16. The van der Waals surface area contributed by atoms with E-state index in [0.29, 0.717) is 5.02 Å². The average Bonchev–Trinajstić information content (AvgIpc) is 2.39. The van der Waals surface area contributed by atoms with Gasteiger partial charge in [0, 0.05) is 11.6 Å². The van der Waals surface area contributed by atoms with Crippen molar-refractivity contribution in [1.29, 1.82) is 0 Å². The maximum atomic E-state index is 12.4. The zero-order chi connectivity index (χ0) is 13.9. The predicted octanol–water partition coefficient (Wildman–Crippen LogP) is 2.91. The summed E-state index contributed by atoms with van der Waals surface area (Å²) in [5, 5.41) is 7.09. The zero-order valence-corrected chi connectivity index (χ0v) is 12.3. The molecule has 1 aromatic rings. The van der Waals surface area contributed by atoms with Crippen LogP contribution in [0.25, 0.3) is 0 Å². The quantitative estimate of drug-likeness (QED) is 0.894. The van der Waals surface area contributed by atoms with Crippen molar-refractivity contribution in [3.05, 3.63) is 34.9 Å². The molecule has 1 amide bonds. The van der Waals surface area contributed by atoms with E-state index >= 15 is 0 Å². The van der Waals surface area contributed by atoms with Crippen LogP contribution < -0.4 is 10.6 Å². The van der Waals surface area contributed by atoms with Gasteiger partial charge in [-0.15, -0.1) is 0 Å². The van der Waals surface area contributed by atoms with Gasteiger partial charge in [0.15, 0.2) is 0 Å². The number of benzene rings is 1. The highest BCUT2D eigenvalue weighted by molar-refractivity contribution is 6.30. The lowest BCUT2D eigenvalue weighted by Crippen LogP contribution is -2.49. The van der Waals surface area contributed by atoms with Gasteiger partial charge in [-0.05, 0) is 50.9 Å². The Bertz CT molecular complexity index is 455. The van der Waals surface area contributed by atoms with Gasteiger partial charge in [-0.3, -0.25) is 4.79 Å². The van der Waals surface area contributed by atoms with Gasteiger partial charge in [-0.2, -0.15) is 0 Å². The summed E-state index contributed by atoms with van der Waals surface area (Å²) in [6, 6.07) is 7.60. The number of carbonyl (C=O) groups excluding carboxylic acids is 1. The molecule has 1 aromatic carbocycles.